The molecule has 0 spiro atoms. The first-order chi connectivity index (χ1) is 16.9. The molecule has 0 bridgehead atoms. The Labute approximate surface area is 213 Å². The standard InChI is InChI=1S/C27H28BrNO6/c1-32-22-16-18(17-23(33-2)26(22)34-3)12-14-27(35-4)24(28)6-5-7-25(27)29-15-13-21(31)19-8-10-20(30)11-9-19/h5-17,25,29-30H,1-4H3. The summed E-state index contributed by atoms with van der Waals surface area (Å²) >= 11 is 3.64. The lowest BCUT2D eigenvalue weighted by atomic mass is 9.88. The van der Waals surface area contributed by atoms with Crippen molar-refractivity contribution in [3.05, 3.63) is 88.6 Å². The van der Waals surface area contributed by atoms with Crippen LogP contribution in [0, 0.1) is 0 Å². The van der Waals surface area contributed by atoms with Gasteiger partial charge in [-0.25, -0.2) is 0 Å². The average Bonchev–Trinajstić information content (AvgIpc) is 2.88. The first-order valence-corrected chi connectivity index (χ1v) is 11.5. The first-order valence-electron chi connectivity index (χ1n) is 10.7. The van der Waals surface area contributed by atoms with Crippen LogP contribution in [0.25, 0.3) is 6.08 Å². The maximum absolute atomic E-state index is 12.5. The highest BCUT2D eigenvalue weighted by atomic mass is 79.9. The predicted octanol–water partition coefficient (Wildman–Crippen LogP) is 5.02. The van der Waals surface area contributed by atoms with Crippen LogP contribution in [0.4, 0.5) is 0 Å². The molecule has 7 nitrogen and oxygen atoms in total. The van der Waals surface area contributed by atoms with Crippen molar-refractivity contribution in [3.63, 3.8) is 0 Å². The molecule has 0 aromatic heterocycles. The molecule has 184 valence electrons. The van der Waals surface area contributed by atoms with Crippen molar-refractivity contribution < 1.29 is 28.8 Å². The normalized spacial score (nSPS) is 19.6. The van der Waals surface area contributed by atoms with Gasteiger partial charge in [0.05, 0.1) is 27.4 Å². The lowest BCUT2D eigenvalue weighted by Gasteiger charge is -2.37. The van der Waals surface area contributed by atoms with Gasteiger partial charge in [-0.1, -0.05) is 34.2 Å². The molecule has 35 heavy (non-hydrogen) atoms. The second-order valence-electron chi connectivity index (χ2n) is 7.58. The number of nitrogens with one attached hydrogen (secondary N) is 1. The lowest BCUT2D eigenvalue weighted by Crippen LogP contribution is -2.49. The summed E-state index contributed by atoms with van der Waals surface area (Å²) < 4.78 is 23.1. The summed E-state index contributed by atoms with van der Waals surface area (Å²) in [5, 5.41) is 12.7. The first kappa shape index (κ1) is 26.1. The fourth-order valence-electron chi connectivity index (χ4n) is 3.70. The summed E-state index contributed by atoms with van der Waals surface area (Å²) in [7, 11) is 6.31. The third-order valence-corrected chi connectivity index (χ3v) is 6.48. The Hall–Kier alpha value is -3.49. The quantitative estimate of drug-likeness (QED) is 0.322. The monoisotopic (exact) mass is 541 g/mol. The fraction of sp³-hybridized carbons (Fsp3) is 0.222. The SMILES string of the molecule is COc1cc(C=CC2(OC)C(Br)=CC=CC2NC=CC(=O)c2ccc(O)cc2)cc(OC)c1OC. The zero-order chi connectivity index (χ0) is 25.4. The number of rotatable bonds is 10. The minimum atomic E-state index is -0.888. The Bertz CT molecular complexity index is 1140. The molecule has 0 saturated carbocycles. The van der Waals surface area contributed by atoms with Crippen LogP contribution >= 0.6 is 15.9 Å². The third kappa shape index (κ3) is 5.78. The highest BCUT2D eigenvalue weighted by molar-refractivity contribution is 9.11. The van der Waals surface area contributed by atoms with Crippen LogP contribution in [0.3, 0.4) is 0 Å². The van der Waals surface area contributed by atoms with Gasteiger partial charge >= 0.3 is 0 Å². The molecule has 0 heterocycles. The third-order valence-electron chi connectivity index (χ3n) is 5.59. The lowest BCUT2D eigenvalue weighted by molar-refractivity contribution is 0.0539. The zero-order valence-corrected chi connectivity index (χ0v) is 21.5. The summed E-state index contributed by atoms with van der Waals surface area (Å²) in [4.78, 5) is 12.5. The number of hydrogen-bond acceptors (Lipinski definition) is 7. The molecule has 0 saturated heterocycles. The van der Waals surface area contributed by atoms with E-state index in [1.54, 1.807) is 46.8 Å². The maximum atomic E-state index is 12.5. The number of hydrogen-bond donors (Lipinski definition) is 2. The van der Waals surface area contributed by atoms with Crippen molar-refractivity contribution in [2.24, 2.45) is 0 Å². The number of carbonyl (C=O) groups excluding carboxylic acids is 1. The Morgan fingerprint density at radius 2 is 1.71 bits per heavy atom. The van der Waals surface area contributed by atoms with Crippen LogP contribution < -0.4 is 19.5 Å². The number of halogens is 1. The minimum absolute atomic E-state index is 0.108. The Kier molecular flexibility index (Phi) is 8.78. The van der Waals surface area contributed by atoms with Gasteiger partial charge in [-0.15, -0.1) is 0 Å². The van der Waals surface area contributed by atoms with Crippen molar-refractivity contribution in [2.45, 2.75) is 11.6 Å². The van der Waals surface area contributed by atoms with E-state index in [1.165, 1.54) is 18.2 Å². The number of ether oxygens (including phenoxy) is 4. The predicted molar refractivity (Wildman–Crippen MR) is 140 cm³/mol. The molecule has 0 aliphatic heterocycles. The largest absolute Gasteiger partial charge is 0.508 e. The van der Waals surface area contributed by atoms with Crippen LogP contribution in [0.1, 0.15) is 15.9 Å². The Balaban J connectivity index is 1.87. The van der Waals surface area contributed by atoms with E-state index < -0.39 is 5.60 Å². The molecule has 0 radical (unpaired) electrons. The topological polar surface area (TPSA) is 86.3 Å². The van der Waals surface area contributed by atoms with Crippen LogP contribution in [0.2, 0.25) is 0 Å². The van der Waals surface area contributed by atoms with Crippen molar-refractivity contribution in [1.29, 1.82) is 0 Å². The zero-order valence-electron chi connectivity index (χ0n) is 19.9. The Morgan fingerprint density at radius 1 is 1.06 bits per heavy atom. The molecule has 0 amide bonds. The van der Waals surface area contributed by atoms with Gasteiger partial charge < -0.3 is 29.4 Å². The fourth-order valence-corrected chi connectivity index (χ4v) is 4.39. The van der Waals surface area contributed by atoms with Gasteiger partial charge in [0.25, 0.3) is 0 Å². The molecule has 2 unspecified atom stereocenters. The van der Waals surface area contributed by atoms with Crippen LogP contribution in [-0.4, -0.2) is 51.0 Å². The van der Waals surface area contributed by atoms with E-state index in [9.17, 15) is 9.90 Å². The van der Waals surface area contributed by atoms with E-state index in [0.29, 0.717) is 22.8 Å². The molecule has 2 aromatic carbocycles. The number of benzene rings is 2. The average molecular weight is 542 g/mol. The van der Waals surface area contributed by atoms with E-state index in [4.69, 9.17) is 18.9 Å². The second kappa shape index (κ2) is 11.8. The van der Waals surface area contributed by atoms with Gasteiger partial charge in [0.15, 0.2) is 17.3 Å². The van der Waals surface area contributed by atoms with Gasteiger partial charge in [0, 0.05) is 29.4 Å². The smallest absolute Gasteiger partial charge is 0.203 e. The number of allylic oxidation sites excluding steroid dienone is 3. The van der Waals surface area contributed by atoms with Gasteiger partial charge in [0.1, 0.15) is 11.4 Å². The molecule has 2 aromatic rings. The number of aromatic hydroxyl groups is 1. The number of phenols is 1. The van der Waals surface area contributed by atoms with E-state index in [-0.39, 0.29) is 17.6 Å². The molecular formula is C27H28BrNO6. The van der Waals surface area contributed by atoms with Crippen molar-refractivity contribution in [3.8, 4) is 23.0 Å². The maximum Gasteiger partial charge on any atom is 0.203 e. The molecule has 2 atom stereocenters. The van der Waals surface area contributed by atoms with Gasteiger partial charge in [-0.05, 0) is 54.1 Å². The number of carbonyl (C=O) groups is 1. The Morgan fingerprint density at radius 3 is 2.29 bits per heavy atom. The van der Waals surface area contributed by atoms with E-state index in [1.807, 2.05) is 42.5 Å². The highest BCUT2D eigenvalue weighted by Crippen LogP contribution is 2.40. The summed E-state index contributed by atoms with van der Waals surface area (Å²) in [6, 6.07) is 9.46. The molecule has 1 aliphatic carbocycles. The van der Waals surface area contributed by atoms with E-state index in [0.717, 1.165) is 10.0 Å². The molecule has 1 aliphatic rings. The summed E-state index contributed by atoms with van der Waals surface area (Å²) in [5.41, 5.74) is 0.408. The van der Waals surface area contributed by atoms with E-state index >= 15 is 0 Å². The van der Waals surface area contributed by atoms with Gasteiger partial charge in [0.2, 0.25) is 5.75 Å². The van der Waals surface area contributed by atoms with Gasteiger partial charge in [-0.2, -0.15) is 0 Å². The minimum Gasteiger partial charge on any atom is -0.508 e. The second-order valence-corrected chi connectivity index (χ2v) is 8.43. The van der Waals surface area contributed by atoms with Gasteiger partial charge in [-0.3, -0.25) is 4.79 Å². The van der Waals surface area contributed by atoms with Crippen molar-refractivity contribution >= 4 is 27.8 Å². The van der Waals surface area contributed by atoms with Crippen LogP contribution in [0.5, 0.6) is 23.0 Å². The summed E-state index contributed by atoms with van der Waals surface area (Å²) in [6.45, 7) is 0. The molecular weight excluding hydrogens is 514 g/mol. The molecule has 0 fully saturated rings. The van der Waals surface area contributed by atoms with Crippen molar-refractivity contribution in [2.75, 3.05) is 28.4 Å². The van der Waals surface area contributed by atoms with Crippen molar-refractivity contribution in [1.82, 2.24) is 5.32 Å². The highest BCUT2D eigenvalue weighted by Gasteiger charge is 2.39. The molecule has 8 heteroatoms. The number of ketones is 1. The van der Waals surface area contributed by atoms with E-state index in [2.05, 4.69) is 21.2 Å². The molecule has 3 rings (SSSR count). The summed E-state index contributed by atoms with van der Waals surface area (Å²) in [6.07, 6.45) is 12.6. The number of phenolic OH excluding ortho intramolecular Hbond substituents is 1. The molecule has 2 N–H and O–H groups in total. The number of methoxy groups -OCH3 is 4. The van der Waals surface area contributed by atoms with Crippen LogP contribution in [0.15, 0.2) is 77.5 Å². The van der Waals surface area contributed by atoms with Crippen LogP contribution in [-0.2, 0) is 4.74 Å². The summed E-state index contributed by atoms with van der Waals surface area (Å²) in [5.74, 6) is 1.51.